The summed E-state index contributed by atoms with van der Waals surface area (Å²) in [7, 11) is -1.93. The molecule has 0 aliphatic carbocycles. The van der Waals surface area contributed by atoms with E-state index >= 15 is 0 Å². The van der Waals surface area contributed by atoms with Crippen LogP contribution in [-0.4, -0.2) is 20.6 Å². The standard InChI is InChI=1S/C10H12BrN3O4S/c1-12-5-8-4-9(10(11)17-8)19(15,16)14-6-7-2-3-13-18-7/h2-4,12,14H,5-6H2,1H3. The third-order valence-corrected chi connectivity index (χ3v) is 4.53. The summed E-state index contributed by atoms with van der Waals surface area (Å²) < 4.78 is 36.8. The number of nitrogens with one attached hydrogen (secondary N) is 2. The highest BCUT2D eigenvalue weighted by atomic mass is 79.9. The number of halogens is 1. The number of aromatic nitrogens is 1. The van der Waals surface area contributed by atoms with Gasteiger partial charge in [0.05, 0.1) is 19.3 Å². The highest BCUT2D eigenvalue weighted by Gasteiger charge is 2.22. The molecule has 9 heteroatoms. The molecule has 2 rings (SSSR count). The van der Waals surface area contributed by atoms with Gasteiger partial charge < -0.3 is 14.3 Å². The van der Waals surface area contributed by atoms with E-state index in [4.69, 9.17) is 8.94 Å². The van der Waals surface area contributed by atoms with Gasteiger partial charge in [0.1, 0.15) is 10.7 Å². The van der Waals surface area contributed by atoms with Crippen molar-refractivity contribution in [1.82, 2.24) is 15.2 Å². The second kappa shape index (κ2) is 5.87. The molecule has 7 nitrogen and oxygen atoms in total. The van der Waals surface area contributed by atoms with Gasteiger partial charge in [0.25, 0.3) is 0 Å². The Hall–Kier alpha value is -1.16. The van der Waals surface area contributed by atoms with Crippen LogP contribution in [-0.2, 0) is 23.1 Å². The van der Waals surface area contributed by atoms with Crippen LogP contribution in [0.3, 0.4) is 0 Å². The molecule has 104 valence electrons. The van der Waals surface area contributed by atoms with Crippen molar-refractivity contribution in [1.29, 1.82) is 0 Å². The van der Waals surface area contributed by atoms with E-state index in [1.165, 1.54) is 12.3 Å². The van der Waals surface area contributed by atoms with E-state index < -0.39 is 10.0 Å². The van der Waals surface area contributed by atoms with E-state index in [9.17, 15) is 8.42 Å². The third kappa shape index (κ3) is 3.44. The second-order valence-electron chi connectivity index (χ2n) is 3.68. The minimum atomic E-state index is -3.67. The Labute approximate surface area is 118 Å². The third-order valence-electron chi connectivity index (χ3n) is 2.27. The first-order valence-electron chi connectivity index (χ1n) is 5.35. The van der Waals surface area contributed by atoms with Gasteiger partial charge in [-0.25, -0.2) is 13.1 Å². The van der Waals surface area contributed by atoms with Gasteiger partial charge in [-0.05, 0) is 23.0 Å². The smallest absolute Gasteiger partial charge is 0.245 e. The normalized spacial score (nSPS) is 11.9. The summed E-state index contributed by atoms with van der Waals surface area (Å²) in [5, 5.41) is 6.37. The van der Waals surface area contributed by atoms with Gasteiger partial charge in [0.15, 0.2) is 10.4 Å². The van der Waals surface area contributed by atoms with Crippen molar-refractivity contribution in [3.63, 3.8) is 0 Å². The average Bonchev–Trinajstić information content (AvgIpc) is 2.97. The number of nitrogens with zero attached hydrogens (tertiary/aromatic N) is 1. The van der Waals surface area contributed by atoms with Crippen LogP contribution in [0.15, 0.2) is 36.8 Å². The highest BCUT2D eigenvalue weighted by Crippen LogP contribution is 2.26. The van der Waals surface area contributed by atoms with Crippen molar-refractivity contribution in [2.24, 2.45) is 0 Å². The quantitative estimate of drug-likeness (QED) is 0.813. The fourth-order valence-corrected chi connectivity index (χ4v) is 3.41. The van der Waals surface area contributed by atoms with E-state index in [1.54, 1.807) is 13.1 Å². The molecule has 19 heavy (non-hydrogen) atoms. The Morgan fingerprint density at radius 3 is 2.79 bits per heavy atom. The number of hydrogen-bond donors (Lipinski definition) is 2. The SMILES string of the molecule is CNCc1cc(S(=O)(=O)NCc2ccno2)c(Br)o1. The van der Waals surface area contributed by atoms with Crippen molar-refractivity contribution < 1.29 is 17.4 Å². The number of sulfonamides is 1. The van der Waals surface area contributed by atoms with Crippen molar-refractivity contribution in [2.75, 3.05) is 7.05 Å². The van der Waals surface area contributed by atoms with Crippen LogP contribution < -0.4 is 10.0 Å². The average molecular weight is 350 g/mol. The molecule has 0 unspecified atom stereocenters. The van der Waals surface area contributed by atoms with Crippen LogP contribution in [0.5, 0.6) is 0 Å². The van der Waals surface area contributed by atoms with Crippen LogP contribution in [0.2, 0.25) is 0 Å². The minimum absolute atomic E-state index is 0.0291. The van der Waals surface area contributed by atoms with Crippen LogP contribution >= 0.6 is 15.9 Å². The molecule has 2 heterocycles. The summed E-state index contributed by atoms with van der Waals surface area (Å²) in [5.41, 5.74) is 0. The number of rotatable bonds is 6. The van der Waals surface area contributed by atoms with Gasteiger partial charge >= 0.3 is 0 Å². The van der Waals surface area contributed by atoms with Gasteiger partial charge in [-0.2, -0.15) is 0 Å². The van der Waals surface area contributed by atoms with Gasteiger partial charge in [-0.1, -0.05) is 5.16 Å². The van der Waals surface area contributed by atoms with Crippen LogP contribution in [0, 0.1) is 0 Å². The topological polar surface area (TPSA) is 97.4 Å². The molecule has 2 N–H and O–H groups in total. The molecule has 2 aromatic rings. The summed E-state index contributed by atoms with van der Waals surface area (Å²) >= 11 is 3.09. The van der Waals surface area contributed by atoms with Gasteiger partial charge in [-0.15, -0.1) is 0 Å². The lowest BCUT2D eigenvalue weighted by Gasteiger charge is -2.02. The molecule has 0 saturated heterocycles. The summed E-state index contributed by atoms with van der Waals surface area (Å²) in [6.07, 6.45) is 1.45. The van der Waals surface area contributed by atoms with Crippen LogP contribution in [0.25, 0.3) is 0 Å². The lowest BCUT2D eigenvalue weighted by Crippen LogP contribution is -2.22. The Kier molecular flexibility index (Phi) is 4.40. The fraction of sp³-hybridized carbons (Fsp3) is 0.300. The van der Waals surface area contributed by atoms with E-state index in [2.05, 4.69) is 31.1 Å². The maximum Gasteiger partial charge on any atom is 0.245 e. The molecule has 0 saturated carbocycles. The Balaban J connectivity index is 2.14. The molecule has 0 aliphatic heterocycles. The highest BCUT2D eigenvalue weighted by molar-refractivity contribution is 9.10. The molecule has 0 atom stereocenters. The zero-order valence-corrected chi connectivity index (χ0v) is 12.4. The van der Waals surface area contributed by atoms with E-state index in [-0.39, 0.29) is 16.1 Å². The number of furan rings is 1. The van der Waals surface area contributed by atoms with Crippen molar-refractivity contribution in [3.8, 4) is 0 Å². The van der Waals surface area contributed by atoms with Crippen LogP contribution in [0.4, 0.5) is 0 Å². The molecule has 0 bridgehead atoms. The molecule has 0 radical (unpaired) electrons. The van der Waals surface area contributed by atoms with Gasteiger partial charge in [0, 0.05) is 12.1 Å². The summed E-state index contributed by atoms with van der Waals surface area (Å²) in [6, 6.07) is 3.04. The van der Waals surface area contributed by atoms with E-state index in [0.717, 1.165) is 0 Å². The van der Waals surface area contributed by atoms with Crippen LogP contribution in [0.1, 0.15) is 11.5 Å². The predicted molar refractivity (Wildman–Crippen MR) is 69.7 cm³/mol. The Morgan fingerprint density at radius 1 is 1.37 bits per heavy atom. The first-order chi connectivity index (χ1) is 9.03. The maximum absolute atomic E-state index is 12.1. The zero-order chi connectivity index (χ0) is 13.9. The monoisotopic (exact) mass is 349 g/mol. The fourth-order valence-electron chi connectivity index (χ4n) is 1.42. The molecule has 0 spiro atoms. The minimum Gasteiger partial charge on any atom is -0.452 e. The van der Waals surface area contributed by atoms with Gasteiger partial charge in [0.2, 0.25) is 10.0 Å². The lowest BCUT2D eigenvalue weighted by molar-refractivity contribution is 0.380. The second-order valence-corrected chi connectivity index (χ2v) is 6.14. The number of hydrogen-bond acceptors (Lipinski definition) is 6. The molecule has 0 amide bonds. The summed E-state index contributed by atoms with van der Waals surface area (Å²) in [6.45, 7) is 0.470. The van der Waals surface area contributed by atoms with E-state index in [0.29, 0.717) is 18.1 Å². The molecule has 0 aliphatic rings. The summed E-state index contributed by atoms with van der Waals surface area (Å²) in [4.78, 5) is 0.0530. The Bertz CT molecular complexity index is 636. The molecular formula is C10H12BrN3O4S. The first kappa shape index (κ1) is 14.3. The largest absolute Gasteiger partial charge is 0.452 e. The Morgan fingerprint density at radius 2 is 2.16 bits per heavy atom. The lowest BCUT2D eigenvalue weighted by atomic mass is 10.4. The van der Waals surface area contributed by atoms with Gasteiger partial charge in [-0.3, -0.25) is 0 Å². The summed E-state index contributed by atoms with van der Waals surface area (Å²) in [5.74, 6) is 0.952. The van der Waals surface area contributed by atoms with Crippen molar-refractivity contribution >= 4 is 26.0 Å². The maximum atomic E-state index is 12.1. The zero-order valence-electron chi connectivity index (χ0n) is 10.0. The first-order valence-corrected chi connectivity index (χ1v) is 7.62. The molecule has 2 aromatic heterocycles. The predicted octanol–water partition coefficient (Wildman–Crippen LogP) is 1.23. The molecule has 0 fully saturated rings. The van der Waals surface area contributed by atoms with Crippen molar-refractivity contribution in [2.45, 2.75) is 18.0 Å². The van der Waals surface area contributed by atoms with E-state index in [1.807, 2.05) is 0 Å². The molecule has 0 aromatic carbocycles. The van der Waals surface area contributed by atoms with Crippen molar-refractivity contribution in [3.05, 3.63) is 34.5 Å². The molecular weight excluding hydrogens is 338 g/mol.